The lowest BCUT2D eigenvalue weighted by Gasteiger charge is -2.22. The molecule has 1 saturated carbocycles. The third-order valence-electron chi connectivity index (χ3n) is 4.77. The van der Waals surface area contributed by atoms with Gasteiger partial charge in [-0.15, -0.1) is 0 Å². The first-order valence-electron chi connectivity index (χ1n) is 9.22. The summed E-state index contributed by atoms with van der Waals surface area (Å²) in [5.74, 6) is -0.0913. The second-order valence-electron chi connectivity index (χ2n) is 6.84. The summed E-state index contributed by atoms with van der Waals surface area (Å²) in [7, 11) is 0. The van der Waals surface area contributed by atoms with Crippen molar-refractivity contribution >= 4 is 11.7 Å². The Bertz CT molecular complexity index is 508. The Labute approximate surface area is 145 Å². The number of benzene rings is 1. The molecule has 0 saturated heterocycles. The fourth-order valence-electron chi connectivity index (χ4n) is 3.29. The van der Waals surface area contributed by atoms with Crippen molar-refractivity contribution in [1.29, 1.82) is 0 Å². The minimum absolute atomic E-state index is 0.00171. The first-order valence-corrected chi connectivity index (χ1v) is 9.22. The van der Waals surface area contributed by atoms with Gasteiger partial charge in [-0.1, -0.05) is 62.4 Å². The van der Waals surface area contributed by atoms with Crippen LogP contribution in [0.2, 0.25) is 0 Å². The van der Waals surface area contributed by atoms with Gasteiger partial charge in [-0.3, -0.25) is 9.59 Å². The molecule has 132 valence electrons. The smallest absolute Gasteiger partial charge is 0.234 e. The van der Waals surface area contributed by atoms with Gasteiger partial charge in [0.1, 0.15) is 0 Å². The average Bonchev–Trinajstić information content (AvgIpc) is 2.54. The molecule has 1 aliphatic rings. The van der Waals surface area contributed by atoms with Crippen molar-refractivity contribution in [2.75, 3.05) is 6.54 Å². The van der Waals surface area contributed by atoms with Crippen molar-refractivity contribution in [1.82, 2.24) is 10.6 Å². The summed E-state index contributed by atoms with van der Waals surface area (Å²) in [6.07, 6.45) is 9.26. The number of hydrogen-bond donors (Lipinski definition) is 2. The highest BCUT2D eigenvalue weighted by molar-refractivity contribution is 5.88. The highest BCUT2D eigenvalue weighted by Crippen LogP contribution is 2.16. The first-order chi connectivity index (χ1) is 11.6. The number of nitrogens with one attached hydrogen (secondary N) is 2. The van der Waals surface area contributed by atoms with Crippen LogP contribution < -0.4 is 10.6 Å². The maximum atomic E-state index is 12.2. The van der Waals surface area contributed by atoms with Crippen LogP contribution in [0.5, 0.6) is 0 Å². The van der Waals surface area contributed by atoms with Crippen molar-refractivity contribution in [2.45, 2.75) is 70.4 Å². The van der Waals surface area contributed by atoms with E-state index in [4.69, 9.17) is 0 Å². The molecule has 0 aliphatic heterocycles. The molecule has 24 heavy (non-hydrogen) atoms. The topological polar surface area (TPSA) is 58.2 Å². The number of rotatable bonds is 7. The second kappa shape index (κ2) is 10.2. The van der Waals surface area contributed by atoms with Crippen LogP contribution in [0.3, 0.4) is 0 Å². The Morgan fingerprint density at radius 1 is 1.04 bits per heavy atom. The lowest BCUT2D eigenvalue weighted by atomic mass is 9.97. The number of ketones is 1. The summed E-state index contributed by atoms with van der Waals surface area (Å²) in [6, 6.07) is 9.79. The zero-order chi connectivity index (χ0) is 17.2. The summed E-state index contributed by atoms with van der Waals surface area (Å²) in [6.45, 7) is 1.83. The van der Waals surface area contributed by atoms with Gasteiger partial charge in [0.25, 0.3) is 0 Å². The molecule has 1 aliphatic carbocycles. The molecule has 0 bridgehead atoms. The molecule has 0 spiro atoms. The highest BCUT2D eigenvalue weighted by atomic mass is 16.2. The van der Waals surface area contributed by atoms with Crippen molar-refractivity contribution < 1.29 is 9.59 Å². The highest BCUT2D eigenvalue weighted by Gasteiger charge is 2.18. The molecule has 1 aromatic carbocycles. The fraction of sp³-hybridized carbons (Fsp3) is 0.600. The van der Waals surface area contributed by atoms with E-state index in [9.17, 15) is 9.59 Å². The summed E-state index contributed by atoms with van der Waals surface area (Å²) < 4.78 is 0. The standard InChI is InChI=1S/C20H30N2O2/c1-16(23)19(14-17-10-6-5-7-11-17)22-20(24)15-21-18-12-8-3-2-4-9-13-18/h5-7,10-11,18-19,21H,2-4,8-9,12-15H2,1H3,(H,22,24)/t19-/m1/s1. The Balaban J connectivity index is 1.78. The fourth-order valence-corrected chi connectivity index (χ4v) is 3.29. The van der Waals surface area contributed by atoms with Gasteiger partial charge in [0.2, 0.25) is 5.91 Å². The summed E-state index contributed by atoms with van der Waals surface area (Å²) in [5, 5.41) is 6.26. The van der Waals surface area contributed by atoms with E-state index in [-0.39, 0.29) is 11.7 Å². The van der Waals surface area contributed by atoms with Gasteiger partial charge >= 0.3 is 0 Å². The van der Waals surface area contributed by atoms with Gasteiger partial charge in [-0.2, -0.15) is 0 Å². The summed E-state index contributed by atoms with van der Waals surface area (Å²) in [4.78, 5) is 24.1. The van der Waals surface area contributed by atoms with Gasteiger partial charge < -0.3 is 10.6 Å². The predicted octanol–water partition coefficient (Wildman–Crippen LogP) is 3.01. The van der Waals surface area contributed by atoms with Crippen molar-refractivity contribution in [3.8, 4) is 0 Å². The second-order valence-corrected chi connectivity index (χ2v) is 6.84. The minimum Gasteiger partial charge on any atom is -0.345 e. The molecule has 1 atom stereocenters. The third kappa shape index (κ3) is 6.83. The van der Waals surface area contributed by atoms with Crippen LogP contribution in [-0.4, -0.2) is 30.3 Å². The molecule has 1 amide bonds. The molecule has 0 unspecified atom stereocenters. The first kappa shape index (κ1) is 18.7. The van der Waals surface area contributed by atoms with Gasteiger partial charge in [-0.05, 0) is 31.7 Å². The zero-order valence-electron chi connectivity index (χ0n) is 14.7. The van der Waals surface area contributed by atoms with Gasteiger partial charge in [0.15, 0.2) is 5.78 Å². The lowest BCUT2D eigenvalue weighted by molar-refractivity contribution is -0.126. The molecular formula is C20H30N2O2. The average molecular weight is 330 g/mol. The van der Waals surface area contributed by atoms with Crippen LogP contribution in [0.25, 0.3) is 0 Å². The zero-order valence-corrected chi connectivity index (χ0v) is 14.7. The molecule has 2 N–H and O–H groups in total. The van der Waals surface area contributed by atoms with Crippen LogP contribution >= 0.6 is 0 Å². The third-order valence-corrected chi connectivity index (χ3v) is 4.77. The molecule has 4 nitrogen and oxygen atoms in total. The Hall–Kier alpha value is -1.68. The van der Waals surface area contributed by atoms with Crippen LogP contribution in [0.1, 0.15) is 57.4 Å². The van der Waals surface area contributed by atoms with Crippen LogP contribution in [0, 0.1) is 0 Å². The minimum atomic E-state index is -0.445. The van der Waals surface area contributed by atoms with E-state index in [1.54, 1.807) is 0 Å². The number of hydrogen-bond acceptors (Lipinski definition) is 3. The van der Waals surface area contributed by atoms with Crippen molar-refractivity contribution in [3.05, 3.63) is 35.9 Å². The summed E-state index contributed by atoms with van der Waals surface area (Å²) >= 11 is 0. The monoisotopic (exact) mass is 330 g/mol. The Morgan fingerprint density at radius 2 is 1.67 bits per heavy atom. The molecule has 0 heterocycles. The molecular weight excluding hydrogens is 300 g/mol. The molecule has 4 heteroatoms. The van der Waals surface area contributed by atoms with Gasteiger partial charge in [0.05, 0.1) is 12.6 Å². The van der Waals surface area contributed by atoms with E-state index in [1.165, 1.54) is 39.0 Å². The van der Waals surface area contributed by atoms with Crippen LogP contribution in [-0.2, 0) is 16.0 Å². The van der Waals surface area contributed by atoms with Gasteiger partial charge in [0, 0.05) is 6.04 Å². The maximum absolute atomic E-state index is 12.2. The number of carbonyl (C=O) groups is 2. The van der Waals surface area contributed by atoms with E-state index in [0.717, 1.165) is 18.4 Å². The number of carbonyl (C=O) groups excluding carboxylic acids is 2. The van der Waals surface area contributed by atoms with E-state index < -0.39 is 6.04 Å². The number of Topliss-reactive ketones (excluding diaryl/α,β-unsaturated/α-hetero) is 1. The quantitative estimate of drug-likeness (QED) is 0.808. The van der Waals surface area contributed by atoms with Crippen molar-refractivity contribution in [2.24, 2.45) is 0 Å². The van der Waals surface area contributed by atoms with Crippen LogP contribution in [0.15, 0.2) is 30.3 Å². The molecule has 1 fully saturated rings. The largest absolute Gasteiger partial charge is 0.345 e. The molecule has 1 aromatic rings. The van der Waals surface area contributed by atoms with Crippen molar-refractivity contribution in [3.63, 3.8) is 0 Å². The van der Waals surface area contributed by atoms with E-state index in [2.05, 4.69) is 10.6 Å². The summed E-state index contributed by atoms with van der Waals surface area (Å²) in [5.41, 5.74) is 1.06. The predicted molar refractivity (Wildman–Crippen MR) is 96.9 cm³/mol. The van der Waals surface area contributed by atoms with E-state index in [0.29, 0.717) is 19.0 Å². The Kier molecular flexibility index (Phi) is 7.96. The normalized spacial score (nSPS) is 17.5. The molecule has 2 rings (SSSR count). The SMILES string of the molecule is CC(=O)[C@@H](Cc1ccccc1)NC(=O)CNC1CCCCCCC1. The Morgan fingerprint density at radius 3 is 2.29 bits per heavy atom. The van der Waals surface area contributed by atoms with Crippen LogP contribution in [0.4, 0.5) is 0 Å². The lowest BCUT2D eigenvalue weighted by Crippen LogP contribution is -2.46. The van der Waals surface area contributed by atoms with Gasteiger partial charge in [-0.25, -0.2) is 0 Å². The van der Waals surface area contributed by atoms with E-state index >= 15 is 0 Å². The van der Waals surface area contributed by atoms with E-state index in [1.807, 2.05) is 30.3 Å². The number of amides is 1. The molecule has 0 radical (unpaired) electrons. The molecule has 0 aromatic heterocycles. The maximum Gasteiger partial charge on any atom is 0.234 e.